The molecule has 0 saturated heterocycles. The average Bonchev–Trinajstić information content (AvgIpc) is 3.29. The van der Waals surface area contributed by atoms with E-state index in [0.29, 0.717) is 17.3 Å². The summed E-state index contributed by atoms with van der Waals surface area (Å²) in [6, 6.07) is 5.42. The Kier molecular flexibility index (Phi) is 3.45. The largest absolute Gasteiger partial charge is 0.309 e. The molecule has 3 aromatic rings. The van der Waals surface area contributed by atoms with Gasteiger partial charge >= 0.3 is 0 Å². The van der Waals surface area contributed by atoms with Gasteiger partial charge in [0.2, 0.25) is 0 Å². The first-order valence-electron chi connectivity index (χ1n) is 7.63. The maximum Gasteiger partial charge on any atom is 0.258 e. The summed E-state index contributed by atoms with van der Waals surface area (Å²) in [6.07, 6.45) is 4.18. The molecule has 4 rings (SSSR count). The van der Waals surface area contributed by atoms with E-state index in [1.54, 1.807) is 28.4 Å². The number of thioether (sulfide) groups is 1. The van der Waals surface area contributed by atoms with Crippen molar-refractivity contribution in [1.29, 1.82) is 0 Å². The van der Waals surface area contributed by atoms with E-state index in [2.05, 4.69) is 19.7 Å². The number of nitrogens with zero attached hydrogens (tertiary/aromatic N) is 5. The quantitative estimate of drug-likeness (QED) is 0.688. The highest BCUT2D eigenvalue weighted by atomic mass is 32.2. The number of hydrogen-bond acceptors (Lipinski definition) is 5. The van der Waals surface area contributed by atoms with Crippen LogP contribution in [0.15, 0.2) is 34.3 Å². The zero-order valence-electron chi connectivity index (χ0n) is 13.1. The Morgan fingerprint density at radius 2 is 2.13 bits per heavy atom. The fourth-order valence-corrected chi connectivity index (χ4v) is 3.43. The second-order valence-electron chi connectivity index (χ2n) is 5.98. The first kappa shape index (κ1) is 14.4. The van der Waals surface area contributed by atoms with Crippen LogP contribution in [0.5, 0.6) is 0 Å². The lowest BCUT2D eigenvalue weighted by atomic mass is 10.3. The Morgan fingerprint density at radius 1 is 1.30 bits per heavy atom. The van der Waals surface area contributed by atoms with Crippen LogP contribution >= 0.6 is 11.8 Å². The lowest BCUT2D eigenvalue weighted by molar-refractivity contribution is 0.736. The predicted octanol–water partition coefficient (Wildman–Crippen LogP) is 2.30. The number of aryl methyl sites for hydroxylation is 1. The minimum absolute atomic E-state index is 0.0535. The summed E-state index contributed by atoms with van der Waals surface area (Å²) in [4.78, 5) is 16.8. The van der Waals surface area contributed by atoms with Gasteiger partial charge in [-0.25, -0.2) is 4.98 Å². The van der Waals surface area contributed by atoms with Crippen LogP contribution in [-0.4, -0.2) is 24.1 Å². The zero-order valence-corrected chi connectivity index (χ0v) is 13.9. The van der Waals surface area contributed by atoms with E-state index < -0.39 is 0 Å². The van der Waals surface area contributed by atoms with Crippen LogP contribution in [0.2, 0.25) is 0 Å². The molecule has 3 heterocycles. The minimum Gasteiger partial charge on any atom is -0.309 e. The first-order chi connectivity index (χ1) is 11.1. The van der Waals surface area contributed by atoms with Crippen LogP contribution < -0.4 is 5.56 Å². The molecule has 0 bridgehead atoms. The molecule has 23 heavy (non-hydrogen) atoms. The summed E-state index contributed by atoms with van der Waals surface area (Å²) in [7, 11) is 2.00. The Balaban J connectivity index is 1.59. The topological polar surface area (TPSA) is 65.1 Å². The number of aromatic nitrogens is 5. The van der Waals surface area contributed by atoms with Crippen LogP contribution in [0.4, 0.5) is 0 Å². The molecule has 0 N–H and O–H groups in total. The van der Waals surface area contributed by atoms with E-state index in [1.165, 1.54) is 12.8 Å². The van der Waals surface area contributed by atoms with Crippen molar-refractivity contribution in [3.8, 4) is 0 Å². The molecule has 1 aliphatic carbocycles. The highest BCUT2D eigenvalue weighted by molar-refractivity contribution is 7.98. The molecule has 118 valence electrons. The maximum absolute atomic E-state index is 12.2. The van der Waals surface area contributed by atoms with Crippen molar-refractivity contribution in [3.63, 3.8) is 0 Å². The molecule has 0 aliphatic heterocycles. The van der Waals surface area contributed by atoms with Gasteiger partial charge in [0.05, 0.1) is 5.69 Å². The van der Waals surface area contributed by atoms with Gasteiger partial charge in [0, 0.05) is 31.0 Å². The van der Waals surface area contributed by atoms with Crippen molar-refractivity contribution in [2.24, 2.45) is 7.05 Å². The van der Waals surface area contributed by atoms with E-state index in [1.807, 2.05) is 26.1 Å². The zero-order chi connectivity index (χ0) is 16.0. The third kappa shape index (κ3) is 2.76. The summed E-state index contributed by atoms with van der Waals surface area (Å²) >= 11 is 1.57. The van der Waals surface area contributed by atoms with Gasteiger partial charge in [0.15, 0.2) is 5.16 Å². The fraction of sp³-hybridized carbons (Fsp3) is 0.375. The van der Waals surface area contributed by atoms with Crippen molar-refractivity contribution >= 4 is 17.4 Å². The molecule has 1 saturated carbocycles. The van der Waals surface area contributed by atoms with Gasteiger partial charge < -0.3 is 4.57 Å². The summed E-state index contributed by atoms with van der Waals surface area (Å²) in [5.74, 6) is 2.25. The van der Waals surface area contributed by atoms with E-state index in [-0.39, 0.29) is 5.56 Å². The van der Waals surface area contributed by atoms with Gasteiger partial charge in [-0.1, -0.05) is 11.8 Å². The monoisotopic (exact) mass is 327 g/mol. The van der Waals surface area contributed by atoms with Gasteiger partial charge in [0.25, 0.3) is 5.56 Å². The second kappa shape index (κ2) is 5.49. The third-order valence-electron chi connectivity index (χ3n) is 4.04. The molecule has 1 fully saturated rings. The molecule has 0 spiro atoms. The molecule has 3 aromatic heterocycles. The van der Waals surface area contributed by atoms with Crippen molar-refractivity contribution in [2.75, 3.05) is 0 Å². The molecule has 6 nitrogen and oxygen atoms in total. The smallest absolute Gasteiger partial charge is 0.258 e. The highest BCUT2D eigenvalue weighted by Gasteiger charge is 2.29. The molecular weight excluding hydrogens is 310 g/mol. The number of hydrogen-bond donors (Lipinski definition) is 0. The Morgan fingerprint density at radius 3 is 2.91 bits per heavy atom. The first-order valence-corrected chi connectivity index (χ1v) is 8.61. The van der Waals surface area contributed by atoms with Crippen LogP contribution in [-0.2, 0) is 12.8 Å². The van der Waals surface area contributed by atoms with Gasteiger partial charge in [-0.05, 0) is 37.5 Å². The van der Waals surface area contributed by atoms with Gasteiger partial charge in [-0.15, -0.1) is 10.2 Å². The summed E-state index contributed by atoms with van der Waals surface area (Å²) in [5.41, 5.74) is 2.48. The highest BCUT2D eigenvalue weighted by Crippen LogP contribution is 2.39. The SMILES string of the molecule is Cc1ccn2c(=O)cc(CSc3nnc(C4CC4)n3C)nc2c1. The van der Waals surface area contributed by atoms with E-state index in [0.717, 1.165) is 22.2 Å². The lowest BCUT2D eigenvalue weighted by Crippen LogP contribution is -2.15. The predicted molar refractivity (Wildman–Crippen MR) is 88.7 cm³/mol. The molecule has 1 aliphatic rings. The molecule has 0 unspecified atom stereocenters. The molecule has 0 aromatic carbocycles. The molecule has 0 radical (unpaired) electrons. The minimum atomic E-state index is -0.0535. The van der Waals surface area contributed by atoms with Gasteiger partial charge in [0.1, 0.15) is 11.5 Å². The molecule has 0 amide bonds. The van der Waals surface area contributed by atoms with Crippen molar-refractivity contribution in [2.45, 2.75) is 36.6 Å². The molecule has 7 heteroatoms. The van der Waals surface area contributed by atoms with Gasteiger partial charge in [-0.2, -0.15) is 0 Å². The van der Waals surface area contributed by atoms with Crippen molar-refractivity contribution in [1.82, 2.24) is 24.1 Å². The lowest BCUT2D eigenvalue weighted by Gasteiger charge is -2.05. The standard InChI is InChI=1S/C16H17N5OS/c1-10-5-6-21-13(7-10)17-12(8-14(21)22)9-23-16-19-18-15(20(16)2)11-3-4-11/h5-8,11H,3-4,9H2,1-2H3. The van der Waals surface area contributed by atoms with E-state index in [9.17, 15) is 4.79 Å². The third-order valence-corrected chi connectivity index (χ3v) is 5.09. The normalized spacial score (nSPS) is 14.5. The maximum atomic E-state index is 12.2. The van der Waals surface area contributed by atoms with Gasteiger partial charge in [-0.3, -0.25) is 9.20 Å². The van der Waals surface area contributed by atoms with E-state index in [4.69, 9.17) is 0 Å². The summed E-state index contributed by atoms with van der Waals surface area (Å²) in [5, 5.41) is 9.40. The van der Waals surface area contributed by atoms with Crippen LogP contribution in [0.3, 0.4) is 0 Å². The molecule has 0 atom stereocenters. The molecular formula is C16H17N5OS. The van der Waals surface area contributed by atoms with Crippen molar-refractivity contribution in [3.05, 3.63) is 51.8 Å². The number of fused-ring (bicyclic) bond motifs is 1. The Bertz CT molecular complexity index is 941. The average molecular weight is 327 g/mol. The van der Waals surface area contributed by atoms with Crippen molar-refractivity contribution < 1.29 is 0 Å². The van der Waals surface area contributed by atoms with Crippen LogP contribution in [0.1, 0.15) is 35.8 Å². The summed E-state index contributed by atoms with van der Waals surface area (Å²) in [6.45, 7) is 1.99. The van der Waals surface area contributed by atoms with E-state index >= 15 is 0 Å². The fourth-order valence-electron chi connectivity index (χ4n) is 2.62. The number of rotatable bonds is 4. The van der Waals surface area contributed by atoms with Crippen LogP contribution in [0, 0.1) is 6.92 Å². The number of pyridine rings is 1. The Labute approximate surface area is 137 Å². The second-order valence-corrected chi connectivity index (χ2v) is 6.92. The van der Waals surface area contributed by atoms with Crippen LogP contribution in [0.25, 0.3) is 5.65 Å². The summed E-state index contributed by atoms with van der Waals surface area (Å²) < 4.78 is 3.62. The Hall–Kier alpha value is -2.15.